The Bertz CT molecular complexity index is 760. The maximum absolute atomic E-state index is 12.5. The molecule has 2 aromatic rings. The van der Waals surface area contributed by atoms with Crippen LogP contribution in [-0.4, -0.2) is 43.7 Å². The predicted molar refractivity (Wildman–Crippen MR) is 110 cm³/mol. The number of aryl methyl sites for hydroxylation is 2. The summed E-state index contributed by atoms with van der Waals surface area (Å²) in [7, 11) is 0. The van der Waals surface area contributed by atoms with Gasteiger partial charge in [0.25, 0.3) is 0 Å². The largest absolute Gasteiger partial charge is 0.379 e. The van der Waals surface area contributed by atoms with Gasteiger partial charge in [0.15, 0.2) is 0 Å². The zero-order valence-corrected chi connectivity index (χ0v) is 16.2. The fourth-order valence-electron chi connectivity index (χ4n) is 3.14. The molecule has 0 saturated carbocycles. The van der Waals surface area contributed by atoms with Gasteiger partial charge in [0.1, 0.15) is 0 Å². The summed E-state index contributed by atoms with van der Waals surface area (Å²) in [5.74, 6) is -0.0746. The van der Waals surface area contributed by atoms with Crippen LogP contribution in [0.3, 0.4) is 0 Å². The lowest BCUT2D eigenvalue weighted by Crippen LogP contribution is -2.42. The molecular formula is C23H28N2O2. The molecule has 1 aliphatic heterocycles. The minimum atomic E-state index is -0.0746. The van der Waals surface area contributed by atoms with Crippen molar-refractivity contribution < 1.29 is 9.53 Å². The number of morpholine rings is 1. The fourth-order valence-corrected chi connectivity index (χ4v) is 3.14. The van der Waals surface area contributed by atoms with E-state index in [0.29, 0.717) is 0 Å². The van der Waals surface area contributed by atoms with Crippen molar-refractivity contribution in [1.82, 2.24) is 10.2 Å². The maximum Gasteiger partial charge on any atom is 0.244 e. The number of nitrogens with one attached hydrogen (secondary N) is 1. The molecule has 27 heavy (non-hydrogen) atoms. The van der Waals surface area contributed by atoms with E-state index in [1.807, 2.05) is 30.3 Å². The molecule has 0 radical (unpaired) electrons. The number of benzene rings is 2. The normalized spacial score (nSPS) is 16.4. The van der Waals surface area contributed by atoms with E-state index in [4.69, 9.17) is 4.74 Å². The Morgan fingerprint density at radius 3 is 2.26 bits per heavy atom. The van der Waals surface area contributed by atoms with Crippen LogP contribution in [0.5, 0.6) is 0 Å². The van der Waals surface area contributed by atoms with Crippen molar-refractivity contribution in [3.05, 3.63) is 76.9 Å². The molecule has 0 spiro atoms. The van der Waals surface area contributed by atoms with Gasteiger partial charge in [-0.3, -0.25) is 9.69 Å². The molecule has 142 valence electrons. The second-order valence-electron chi connectivity index (χ2n) is 7.13. The third-order valence-electron chi connectivity index (χ3n) is 4.85. The van der Waals surface area contributed by atoms with Gasteiger partial charge >= 0.3 is 0 Å². The van der Waals surface area contributed by atoms with Crippen LogP contribution in [0, 0.1) is 13.8 Å². The average Bonchev–Trinajstić information content (AvgIpc) is 2.68. The van der Waals surface area contributed by atoms with Gasteiger partial charge in [-0.1, -0.05) is 59.7 Å². The van der Waals surface area contributed by atoms with Gasteiger partial charge < -0.3 is 10.1 Å². The van der Waals surface area contributed by atoms with Crippen LogP contribution in [-0.2, 0) is 9.53 Å². The van der Waals surface area contributed by atoms with E-state index in [1.165, 1.54) is 11.1 Å². The van der Waals surface area contributed by atoms with E-state index in [-0.39, 0.29) is 11.9 Å². The highest BCUT2D eigenvalue weighted by atomic mass is 16.5. The molecule has 1 heterocycles. The molecule has 0 aromatic heterocycles. The fraction of sp³-hybridized carbons (Fsp3) is 0.348. The van der Waals surface area contributed by atoms with Crippen LogP contribution >= 0.6 is 0 Å². The SMILES string of the molecule is Cc1ccc(/C=C/C(=O)N[C@@H](CN2CCOCC2)c2ccc(C)cc2)cc1. The summed E-state index contributed by atoms with van der Waals surface area (Å²) in [5.41, 5.74) is 4.58. The van der Waals surface area contributed by atoms with Crippen molar-refractivity contribution >= 4 is 12.0 Å². The van der Waals surface area contributed by atoms with Gasteiger partial charge in [-0.2, -0.15) is 0 Å². The topological polar surface area (TPSA) is 41.6 Å². The van der Waals surface area contributed by atoms with E-state index in [9.17, 15) is 4.79 Å². The van der Waals surface area contributed by atoms with Gasteiger partial charge in [-0.25, -0.2) is 0 Å². The summed E-state index contributed by atoms with van der Waals surface area (Å²) in [4.78, 5) is 14.9. The first-order valence-electron chi connectivity index (χ1n) is 9.52. The molecule has 1 saturated heterocycles. The van der Waals surface area contributed by atoms with Crippen molar-refractivity contribution in [3.63, 3.8) is 0 Å². The minimum absolute atomic E-state index is 0.0427. The van der Waals surface area contributed by atoms with Crippen LogP contribution in [0.25, 0.3) is 6.08 Å². The Labute approximate surface area is 161 Å². The summed E-state index contributed by atoms with van der Waals surface area (Å²) < 4.78 is 5.44. The highest BCUT2D eigenvalue weighted by molar-refractivity contribution is 5.92. The van der Waals surface area contributed by atoms with Crippen LogP contribution in [0.2, 0.25) is 0 Å². The molecule has 4 nitrogen and oxygen atoms in total. The smallest absolute Gasteiger partial charge is 0.244 e. The lowest BCUT2D eigenvalue weighted by Gasteiger charge is -2.31. The Kier molecular flexibility index (Phi) is 6.80. The van der Waals surface area contributed by atoms with Gasteiger partial charge in [0, 0.05) is 25.7 Å². The summed E-state index contributed by atoms with van der Waals surface area (Å²) in [6.07, 6.45) is 3.47. The van der Waals surface area contributed by atoms with Gasteiger partial charge in [-0.05, 0) is 31.1 Å². The molecule has 0 aliphatic carbocycles. The van der Waals surface area contributed by atoms with Crippen LogP contribution in [0.15, 0.2) is 54.6 Å². The zero-order chi connectivity index (χ0) is 19.1. The molecule has 2 aromatic carbocycles. The number of rotatable bonds is 6. The quantitative estimate of drug-likeness (QED) is 0.798. The predicted octanol–water partition coefficient (Wildman–Crippen LogP) is 3.51. The third kappa shape index (κ3) is 6.05. The van der Waals surface area contributed by atoms with Crippen molar-refractivity contribution in [2.24, 2.45) is 0 Å². The Balaban J connectivity index is 1.68. The van der Waals surface area contributed by atoms with E-state index in [1.54, 1.807) is 6.08 Å². The minimum Gasteiger partial charge on any atom is -0.379 e. The molecule has 1 amide bonds. The number of ether oxygens (including phenoxy) is 1. The number of nitrogens with zero attached hydrogens (tertiary/aromatic N) is 1. The summed E-state index contributed by atoms with van der Waals surface area (Å²) in [6, 6.07) is 16.5. The summed E-state index contributed by atoms with van der Waals surface area (Å²) in [6.45, 7) is 8.22. The maximum atomic E-state index is 12.5. The highest BCUT2D eigenvalue weighted by Crippen LogP contribution is 2.17. The second kappa shape index (κ2) is 9.49. The van der Waals surface area contributed by atoms with Gasteiger partial charge in [-0.15, -0.1) is 0 Å². The zero-order valence-electron chi connectivity index (χ0n) is 16.2. The molecule has 1 N–H and O–H groups in total. The van der Waals surface area contributed by atoms with Crippen molar-refractivity contribution in [2.75, 3.05) is 32.8 Å². The highest BCUT2D eigenvalue weighted by Gasteiger charge is 2.19. The van der Waals surface area contributed by atoms with Crippen LogP contribution < -0.4 is 5.32 Å². The second-order valence-corrected chi connectivity index (χ2v) is 7.13. The first-order valence-corrected chi connectivity index (χ1v) is 9.52. The molecule has 3 rings (SSSR count). The Hall–Kier alpha value is -2.43. The van der Waals surface area contributed by atoms with Gasteiger partial charge in [0.05, 0.1) is 19.3 Å². The van der Waals surface area contributed by atoms with Crippen molar-refractivity contribution in [3.8, 4) is 0 Å². The number of carbonyl (C=O) groups excluding carboxylic acids is 1. The molecule has 1 atom stereocenters. The summed E-state index contributed by atoms with van der Waals surface area (Å²) >= 11 is 0. The Morgan fingerprint density at radius 2 is 1.63 bits per heavy atom. The van der Waals surface area contributed by atoms with E-state index >= 15 is 0 Å². The van der Waals surface area contributed by atoms with Crippen molar-refractivity contribution in [1.29, 1.82) is 0 Å². The summed E-state index contributed by atoms with van der Waals surface area (Å²) in [5, 5.41) is 3.17. The molecular weight excluding hydrogens is 336 g/mol. The van der Waals surface area contributed by atoms with E-state index < -0.39 is 0 Å². The van der Waals surface area contributed by atoms with Crippen LogP contribution in [0.4, 0.5) is 0 Å². The molecule has 1 aliphatic rings. The number of carbonyl (C=O) groups is 1. The number of hydrogen-bond acceptors (Lipinski definition) is 3. The number of amides is 1. The van der Waals surface area contributed by atoms with E-state index in [0.717, 1.165) is 44.0 Å². The number of hydrogen-bond donors (Lipinski definition) is 1. The third-order valence-corrected chi connectivity index (χ3v) is 4.85. The molecule has 0 unspecified atom stereocenters. The molecule has 1 fully saturated rings. The van der Waals surface area contributed by atoms with Gasteiger partial charge in [0.2, 0.25) is 5.91 Å². The Morgan fingerprint density at radius 1 is 1.04 bits per heavy atom. The van der Waals surface area contributed by atoms with Crippen molar-refractivity contribution in [2.45, 2.75) is 19.9 Å². The lowest BCUT2D eigenvalue weighted by molar-refractivity contribution is -0.117. The monoisotopic (exact) mass is 364 g/mol. The molecule has 4 heteroatoms. The van der Waals surface area contributed by atoms with Crippen LogP contribution in [0.1, 0.15) is 28.3 Å². The first-order chi connectivity index (χ1) is 13.1. The molecule has 0 bridgehead atoms. The first kappa shape index (κ1) is 19.3. The van der Waals surface area contributed by atoms with E-state index in [2.05, 4.69) is 48.3 Å². The lowest BCUT2D eigenvalue weighted by atomic mass is 10.0. The average molecular weight is 364 g/mol. The standard InChI is InChI=1S/C23H28N2O2/c1-18-3-7-20(8-4-18)9-12-23(26)24-22(17-25-13-15-27-16-14-25)21-10-5-19(2)6-11-21/h3-12,22H,13-17H2,1-2H3,(H,24,26)/b12-9+/t22-/m0/s1.